The van der Waals surface area contributed by atoms with Gasteiger partial charge >= 0.3 is 372 Å². The molecule has 0 spiro atoms. The Labute approximate surface area is 393 Å². The molecule has 0 fully saturated rings. The van der Waals surface area contributed by atoms with E-state index in [-0.39, 0.29) is 44.1 Å². The van der Waals surface area contributed by atoms with Gasteiger partial charge in [0.15, 0.2) is 0 Å². The predicted octanol–water partition coefficient (Wildman–Crippen LogP) is 10.1. The van der Waals surface area contributed by atoms with Crippen molar-refractivity contribution in [2.45, 2.75) is 60.8 Å². The zero-order chi connectivity index (χ0) is 41.9. The third kappa shape index (κ3) is 8.55. The number of hydrogen-bond donors (Lipinski definition) is 0. The van der Waals surface area contributed by atoms with Gasteiger partial charge in [0.2, 0.25) is 0 Å². The second kappa shape index (κ2) is 17.7. The molecule has 10 rings (SSSR count). The molecule has 8 aromatic rings. The molecule has 0 aliphatic heterocycles. The molecule has 0 amide bonds. The zero-order valence-corrected chi connectivity index (χ0v) is 39.6. The van der Waals surface area contributed by atoms with Crippen molar-refractivity contribution >= 4 is 23.3 Å². The molecule has 2 aromatic heterocycles. The Hall–Kier alpha value is -5.35. The van der Waals surface area contributed by atoms with Crippen molar-refractivity contribution < 1.29 is 52.8 Å². The normalized spacial score (nSPS) is 15.3. The molecule has 2 heterocycles. The molecule has 2 aliphatic rings. The second-order valence-corrected chi connectivity index (χ2v) is 20.9. The SMILES string of the molecule is CC(C)(C)c1ccc(-c2cccc3c2C=C(c2ccc(-c4ccccc4)o2)[CH]3[Ti+2][CH]2C(c3ccc(-c4ccccc4)o3)=Cc3c(-c4ccc(C(C)(C)C)cc4)cccc32)cc1.[Cl-].[Cl-]. The van der Waals surface area contributed by atoms with Crippen LogP contribution in [0.3, 0.4) is 0 Å². The van der Waals surface area contributed by atoms with Crippen LogP contribution in [-0.2, 0) is 30.0 Å². The molecule has 6 aromatic carbocycles. The summed E-state index contributed by atoms with van der Waals surface area (Å²) in [4.78, 5) is 0. The van der Waals surface area contributed by atoms with Crippen LogP contribution in [0.5, 0.6) is 0 Å². The van der Waals surface area contributed by atoms with Crippen molar-refractivity contribution in [2.75, 3.05) is 0 Å². The monoisotopic (exact) mass is 896 g/mol. The fourth-order valence-corrected chi connectivity index (χ4v) is 12.2. The van der Waals surface area contributed by atoms with E-state index in [1.54, 1.807) is 0 Å². The first-order valence-electron chi connectivity index (χ1n) is 21.5. The fraction of sp³-hybridized carbons (Fsp3) is 0.172. The molecule has 0 saturated carbocycles. The van der Waals surface area contributed by atoms with Crippen molar-refractivity contribution in [3.63, 3.8) is 0 Å². The van der Waals surface area contributed by atoms with Crippen LogP contribution in [0, 0.1) is 0 Å². The van der Waals surface area contributed by atoms with Crippen LogP contribution < -0.4 is 24.8 Å². The molecular formula is C58H50Cl2O2Ti. The summed E-state index contributed by atoms with van der Waals surface area (Å²) in [6.07, 6.45) is 4.88. The molecule has 2 unspecified atom stereocenters. The Bertz CT molecular complexity index is 2740. The van der Waals surface area contributed by atoms with Crippen molar-refractivity contribution in [1.82, 2.24) is 0 Å². The molecule has 0 saturated heterocycles. The number of furan rings is 2. The molecule has 2 atom stereocenters. The predicted molar refractivity (Wildman–Crippen MR) is 251 cm³/mol. The van der Waals surface area contributed by atoms with Crippen LogP contribution >= 0.6 is 0 Å². The Morgan fingerprint density at radius 1 is 0.365 bits per heavy atom. The van der Waals surface area contributed by atoms with Gasteiger partial charge < -0.3 is 24.8 Å². The molecule has 0 radical (unpaired) electrons. The topological polar surface area (TPSA) is 26.3 Å². The van der Waals surface area contributed by atoms with Crippen LogP contribution in [0.4, 0.5) is 0 Å². The number of benzene rings is 6. The van der Waals surface area contributed by atoms with Crippen LogP contribution in [0.25, 0.3) is 68.2 Å². The van der Waals surface area contributed by atoms with E-state index in [9.17, 15) is 0 Å². The van der Waals surface area contributed by atoms with Gasteiger partial charge in [0, 0.05) is 0 Å². The number of rotatable bonds is 8. The molecule has 2 nitrogen and oxygen atoms in total. The molecule has 0 N–H and O–H groups in total. The first-order chi connectivity index (χ1) is 29.5. The van der Waals surface area contributed by atoms with Gasteiger partial charge in [0.05, 0.1) is 0 Å². The van der Waals surface area contributed by atoms with Crippen molar-refractivity contribution in [1.29, 1.82) is 0 Å². The minimum atomic E-state index is -0.852. The maximum Gasteiger partial charge on any atom is -1.00 e. The average molecular weight is 898 g/mol. The summed E-state index contributed by atoms with van der Waals surface area (Å²) in [6.45, 7) is 13.7. The van der Waals surface area contributed by atoms with Crippen molar-refractivity contribution in [2.24, 2.45) is 0 Å². The summed E-state index contributed by atoms with van der Waals surface area (Å²) < 4.78 is 14.1. The van der Waals surface area contributed by atoms with E-state index in [2.05, 4.69) is 224 Å². The first-order valence-corrected chi connectivity index (χ1v) is 23.3. The molecule has 63 heavy (non-hydrogen) atoms. The van der Waals surface area contributed by atoms with E-state index in [1.165, 1.54) is 66.8 Å². The number of halogens is 2. The maximum atomic E-state index is 6.84. The Kier molecular flexibility index (Phi) is 12.4. The van der Waals surface area contributed by atoms with E-state index >= 15 is 0 Å². The van der Waals surface area contributed by atoms with E-state index in [1.807, 2.05) is 0 Å². The number of allylic oxidation sites excluding steroid dienone is 2. The Morgan fingerprint density at radius 2 is 0.730 bits per heavy atom. The molecule has 2 aliphatic carbocycles. The van der Waals surface area contributed by atoms with Crippen LogP contribution in [0.15, 0.2) is 179 Å². The largest absolute Gasteiger partial charge is 1.00 e. The summed E-state index contributed by atoms with van der Waals surface area (Å²) in [6, 6.07) is 61.8. The smallest absolute Gasteiger partial charge is 1.00 e. The minimum Gasteiger partial charge on any atom is -1.00 e. The van der Waals surface area contributed by atoms with Crippen LogP contribution in [-0.4, -0.2) is 0 Å². The van der Waals surface area contributed by atoms with Crippen LogP contribution in [0.2, 0.25) is 0 Å². The van der Waals surface area contributed by atoms with E-state index in [0.29, 0.717) is 0 Å². The molecular weight excluding hydrogens is 847 g/mol. The summed E-state index contributed by atoms with van der Waals surface area (Å²) in [5.74, 6) is 3.67. The van der Waals surface area contributed by atoms with Gasteiger partial charge in [-0.15, -0.1) is 0 Å². The van der Waals surface area contributed by atoms with Gasteiger partial charge in [0.1, 0.15) is 0 Å². The zero-order valence-electron chi connectivity index (χ0n) is 36.5. The van der Waals surface area contributed by atoms with Gasteiger partial charge in [-0.1, -0.05) is 0 Å². The first kappa shape index (κ1) is 44.3. The van der Waals surface area contributed by atoms with Crippen LogP contribution in [0.1, 0.15) is 94.9 Å². The average Bonchev–Trinajstić information content (AvgIpc) is 4.10. The van der Waals surface area contributed by atoms with Gasteiger partial charge in [-0.25, -0.2) is 0 Å². The second-order valence-electron chi connectivity index (χ2n) is 18.6. The minimum absolute atomic E-state index is 0. The van der Waals surface area contributed by atoms with Gasteiger partial charge in [0.25, 0.3) is 0 Å². The summed E-state index contributed by atoms with van der Waals surface area (Å²) in [5, 5.41) is 0. The number of fused-ring (bicyclic) bond motifs is 2. The fourth-order valence-electron chi connectivity index (χ4n) is 9.06. The molecule has 0 bridgehead atoms. The van der Waals surface area contributed by atoms with E-state index in [4.69, 9.17) is 8.83 Å². The third-order valence-corrected chi connectivity index (χ3v) is 15.5. The van der Waals surface area contributed by atoms with Gasteiger partial charge in [-0.05, 0) is 0 Å². The summed E-state index contributed by atoms with van der Waals surface area (Å²) in [7, 11) is 0. The summed E-state index contributed by atoms with van der Waals surface area (Å²) in [5.41, 5.74) is 17.9. The Balaban J connectivity index is 0.00000272. The van der Waals surface area contributed by atoms with E-state index in [0.717, 1.165) is 34.2 Å². The van der Waals surface area contributed by atoms with Gasteiger partial charge in [-0.3, -0.25) is 0 Å². The Morgan fingerprint density at radius 3 is 1.10 bits per heavy atom. The summed E-state index contributed by atoms with van der Waals surface area (Å²) >= 11 is -0.852. The maximum absolute atomic E-state index is 6.84. The standard InChI is InChI=1S/2C29H25O.2ClH.Ti/c2*1-29(2,3)24-14-12-20(13-15-24)25-11-7-10-22-18-23(19-26(22)25)28-17-16-27(30-28)21-8-5-4-6-9-21;;;/h2*4-19H,1-3H3;2*1H;/q;;;;+2/p-2. The van der Waals surface area contributed by atoms with Crippen molar-refractivity contribution in [3.8, 4) is 44.9 Å². The molecule has 312 valence electrons. The quantitative estimate of drug-likeness (QED) is 0.142. The molecule has 5 heteroatoms. The van der Waals surface area contributed by atoms with Gasteiger partial charge in [-0.2, -0.15) is 0 Å². The number of hydrogen-bond acceptors (Lipinski definition) is 2. The third-order valence-electron chi connectivity index (χ3n) is 12.5. The van der Waals surface area contributed by atoms with E-state index < -0.39 is 19.2 Å². The van der Waals surface area contributed by atoms with Crippen molar-refractivity contribution in [3.05, 3.63) is 215 Å².